The lowest BCUT2D eigenvalue weighted by molar-refractivity contribution is 0.415. The summed E-state index contributed by atoms with van der Waals surface area (Å²) in [6.45, 7) is 0. The van der Waals surface area contributed by atoms with E-state index in [1.54, 1.807) is 13.2 Å². The minimum atomic E-state index is -0.268. The van der Waals surface area contributed by atoms with E-state index >= 15 is 0 Å². The highest BCUT2D eigenvalue weighted by molar-refractivity contribution is 7.71. The number of nitrogens with zero attached hydrogens (tertiary/aromatic N) is 2. The number of aromatic amines is 2. The number of aromatic nitrogens is 4. The van der Waals surface area contributed by atoms with Crippen molar-refractivity contribution in [3.63, 3.8) is 0 Å². The van der Waals surface area contributed by atoms with Gasteiger partial charge in [0.2, 0.25) is 4.77 Å². The van der Waals surface area contributed by atoms with Gasteiger partial charge in [0.1, 0.15) is 11.3 Å². The highest BCUT2D eigenvalue weighted by Gasteiger charge is 2.08. The lowest BCUT2D eigenvalue weighted by Crippen LogP contribution is -2.12. The number of hydrogen-bond donors (Lipinski definition) is 2. The number of fused-ring (bicyclic) bond motifs is 1. The van der Waals surface area contributed by atoms with Gasteiger partial charge in [-0.2, -0.15) is 9.61 Å². The zero-order chi connectivity index (χ0) is 13.4. The van der Waals surface area contributed by atoms with Crippen LogP contribution >= 0.6 is 12.2 Å². The van der Waals surface area contributed by atoms with Crippen LogP contribution in [0.4, 0.5) is 0 Å². The first kappa shape index (κ1) is 11.7. The number of rotatable bonds is 2. The summed E-state index contributed by atoms with van der Waals surface area (Å²) in [5, 5.41) is 9.37. The van der Waals surface area contributed by atoms with E-state index < -0.39 is 0 Å². The highest BCUT2D eigenvalue weighted by atomic mass is 32.1. The molecule has 0 aliphatic heterocycles. The first-order valence-corrected chi connectivity index (χ1v) is 5.95. The first-order chi connectivity index (χ1) is 9.19. The molecule has 0 bridgehead atoms. The molecule has 19 heavy (non-hydrogen) atoms. The van der Waals surface area contributed by atoms with Crippen LogP contribution in [0.1, 0.15) is 0 Å². The lowest BCUT2D eigenvalue weighted by atomic mass is 10.1. The Hall–Kier alpha value is -2.41. The van der Waals surface area contributed by atoms with Crippen molar-refractivity contribution in [3.8, 4) is 17.0 Å². The van der Waals surface area contributed by atoms with Crippen molar-refractivity contribution < 1.29 is 4.74 Å². The Labute approximate surface area is 112 Å². The molecule has 2 N–H and O–H groups in total. The molecule has 0 atom stereocenters. The third kappa shape index (κ3) is 1.93. The van der Waals surface area contributed by atoms with E-state index in [1.807, 2.05) is 24.3 Å². The number of hydrogen-bond acceptors (Lipinski definition) is 4. The van der Waals surface area contributed by atoms with Crippen molar-refractivity contribution in [2.24, 2.45) is 0 Å². The highest BCUT2D eigenvalue weighted by Crippen LogP contribution is 2.22. The Bertz CT molecular complexity index is 815. The molecule has 0 amide bonds. The first-order valence-electron chi connectivity index (χ1n) is 5.54. The van der Waals surface area contributed by atoms with Gasteiger partial charge in [0, 0.05) is 5.56 Å². The number of ether oxygens (including phenoxy) is 1. The molecule has 96 valence electrons. The normalized spacial score (nSPS) is 10.8. The third-order valence-corrected chi connectivity index (χ3v) is 3.06. The molecule has 3 rings (SSSR count). The number of benzene rings is 1. The maximum absolute atomic E-state index is 11.7. The van der Waals surface area contributed by atoms with Gasteiger partial charge in [0.15, 0.2) is 0 Å². The Morgan fingerprint density at radius 2 is 2.16 bits per heavy atom. The van der Waals surface area contributed by atoms with Gasteiger partial charge in [-0.25, -0.2) is 0 Å². The quantitative estimate of drug-likeness (QED) is 0.698. The molecule has 2 aromatic heterocycles. The minimum absolute atomic E-state index is 0.268. The molecule has 0 aliphatic rings. The van der Waals surface area contributed by atoms with Gasteiger partial charge in [-0.05, 0) is 30.4 Å². The molecule has 0 saturated carbocycles. The molecule has 0 fully saturated rings. The molecule has 0 unspecified atom stereocenters. The predicted molar refractivity (Wildman–Crippen MR) is 73.0 cm³/mol. The van der Waals surface area contributed by atoms with Crippen molar-refractivity contribution in [1.29, 1.82) is 0 Å². The van der Waals surface area contributed by atoms with E-state index in [9.17, 15) is 4.79 Å². The summed E-state index contributed by atoms with van der Waals surface area (Å²) in [5.74, 6) is 0.730. The van der Waals surface area contributed by atoms with Crippen molar-refractivity contribution in [2.75, 3.05) is 7.11 Å². The Morgan fingerprint density at radius 1 is 1.32 bits per heavy atom. The lowest BCUT2D eigenvalue weighted by Gasteiger charge is -2.00. The number of methoxy groups -OCH3 is 1. The van der Waals surface area contributed by atoms with Crippen LogP contribution in [0, 0.1) is 4.77 Å². The van der Waals surface area contributed by atoms with Crippen molar-refractivity contribution in [3.05, 3.63) is 45.5 Å². The van der Waals surface area contributed by atoms with Crippen LogP contribution in [-0.4, -0.2) is 26.9 Å². The fourth-order valence-electron chi connectivity index (χ4n) is 1.85. The second-order valence-corrected chi connectivity index (χ2v) is 4.33. The van der Waals surface area contributed by atoms with Crippen LogP contribution in [0.5, 0.6) is 5.75 Å². The number of nitrogens with one attached hydrogen (secondary N) is 2. The Kier molecular flexibility index (Phi) is 2.68. The molecule has 3 aromatic rings. The summed E-state index contributed by atoms with van der Waals surface area (Å²) in [7, 11) is 1.60. The fraction of sp³-hybridized carbons (Fsp3) is 0.0833. The van der Waals surface area contributed by atoms with Crippen molar-refractivity contribution in [2.45, 2.75) is 0 Å². The van der Waals surface area contributed by atoms with Gasteiger partial charge < -0.3 is 4.74 Å². The van der Waals surface area contributed by atoms with E-state index in [4.69, 9.17) is 17.0 Å². The molecule has 1 aromatic carbocycles. The molecule has 7 heteroatoms. The van der Waals surface area contributed by atoms with Gasteiger partial charge in [0.25, 0.3) is 5.56 Å². The Balaban J connectivity index is 2.26. The summed E-state index contributed by atoms with van der Waals surface area (Å²) >= 11 is 5.08. The number of H-pyrrole nitrogens is 2. The second-order valence-electron chi connectivity index (χ2n) is 3.94. The van der Waals surface area contributed by atoms with Gasteiger partial charge in [-0.3, -0.25) is 15.0 Å². The van der Waals surface area contributed by atoms with E-state index in [-0.39, 0.29) is 5.56 Å². The predicted octanol–water partition coefficient (Wildman–Crippen LogP) is 1.76. The van der Waals surface area contributed by atoms with Crippen molar-refractivity contribution in [1.82, 2.24) is 19.8 Å². The zero-order valence-electron chi connectivity index (χ0n) is 10.0. The molecular formula is C12H10N4O2S. The third-order valence-electron chi connectivity index (χ3n) is 2.78. The van der Waals surface area contributed by atoms with E-state index in [0.717, 1.165) is 11.3 Å². The molecule has 0 radical (unpaired) electrons. The van der Waals surface area contributed by atoms with E-state index in [0.29, 0.717) is 16.0 Å². The molecule has 0 spiro atoms. The van der Waals surface area contributed by atoms with E-state index in [1.165, 1.54) is 4.52 Å². The zero-order valence-corrected chi connectivity index (χ0v) is 10.8. The van der Waals surface area contributed by atoms with Crippen LogP contribution in [0.2, 0.25) is 0 Å². The van der Waals surface area contributed by atoms with Crippen LogP contribution in [0.15, 0.2) is 35.1 Å². The summed E-state index contributed by atoms with van der Waals surface area (Å²) in [5.41, 5.74) is 1.66. The molecule has 6 nitrogen and oxygen atoms in total. The summed E-state index contributed by atoms with van der Waals surface area (Å²) < 4.78 is 6.91. The van der Waals surface area contributed by atoms with Crippen LogP contribution in [0.25, 0.3) is 16.8 Å². The average Bonchev–Trinajstić information content (AvgIpc) is 2.89. The Morgan fingerprint density at radius 3 is 2.89 bits per heavy atom. The summed E-state index contributed by atoms with van der Waals surface area (Å²) in [6.07, 6.45) is 0. The average molecular weight is 274 g/mol. The molecular weight excluding hydrogens is 264 g/mol. The van der Waals surface area contributed by atoms with Gasteiger partial charge in [0.05, 0.1) is 12.8 Å². The summed E-state index contributed by atoms with van der Waals surface area (Å²) in [6, 6.07) is 9.15. The van der Waals surface area contributed by atoms with E-state index in [2.05, 4.69) is 15.3 Å². The van der Waals surface area contributed by atoms with Gasteiger partial charge >= 0.3 is 0 Å². The topological polar surface area (TPSA) is 75.2 Å². The fourth-order valence-corrected chi connectivity index (χ4v) is 2.04. The minimum Gasteiger partial charge on any atom is -0.497 e. The molecule has 2 heterocycles. The molecule has 0 saturated heterocycles. The van der Waals surface area contributed by atoms with Crippen LogP contribution in [0.3, 0.4) is 0 Å². The monoisotopic (exact) mass is 274 g/mol. The standard InChI is InChI=1S/C12H10N4O2S/c1-18-8-4-2-3-7(5-8)9-6-10-11(17)13-14-12(19)16(10)15-9/h2-6H,1H3,(H,13,17)(H,14,19). The maximum Gasteiger partial charge on any atom is 0.288 e. The smallest absolute Gasteiger partial charge is 0.288 e. The van der Waals surface area contributed by atoms with Crippen LogP contribution < -0.4 is 10.3 Å². The van der Waals surface area contributed by atoms with Crippen molar-refractivity contribution >= 4 is 17.7 Å². The largest absolute Gasteiger partial charge is 0.497 e. The SMILES string of the molecule is COc1cccc(-c2cc3c(=O)[nH][nH]c(=S)n3n2)c1. The van der Waals surface area contributed by atoms with Gasteiger partial charge in [-0.1, -0.05) is 12.1 Å². The molecule has 0 aliphatic carbocycles. The second kappa shape index (κ2) is 4.36. The van der Waals surface area contributed by atoms with Crippen LogP contribution in [-0.2, 0) is 0 Å². The summed E-state index contributed by atoms with van der Waals surface area (Å²) in [4.78, 5) is 11.7. The maximum atomic E-state index is 11.7. The van der Waals surface area contributed by atoms with Gasteiger partial charge in [-0.15, -0.1) is 0 Å².